The number of hydrogen-bond donors (Lipinski definition) is 0. The van der Waals surface area contributed by atoms with Gasteiger partial charge in [0.2, 0.25) is 0 Å². The number of anilines is 1. The van der Waals surface area contributed by atoms with Gasteiger partial charge in [0.05, 0.1) is 0 Å². The third-order valence-electron chi connectivity index (χ3n) is 3.47. The monoisotopic (exact) mass is 348 g/mol. The summed E-state index contributed by atoms with van der Waals surface area (Å²) in [6.45, 7) is 8.83. The molecule has 0 unspecified atom stereocenters. The Labute approximate surface area is 134 Å². The van der Waals surface area contributed by atoms with E-state index in [0.29, 0.717) is 12.2 Å². The van der Waals surface area contributed by atoms with Gasteiger partial charge >= 0.3 is 0 Å². The number of halogens is 1. The molecule has 21 heavy (non-hydrogen) atoms. The molecule has 1 heterocycles. The summed E-state index contributed by atoms with van der Waals surface area (Å²) in [4.78, 5) is 14.7. The number of benzene rings is 1. The zero-order valence-corrected chi connectivity index (χ0v) is 14.5. The number of aromatic nitrogens is 1. The van der Waals surface area contributed by atoms with Gasteiger partial charge in [-0.05, 0) is 67.4 Å². The highest BCUT2D eigenvalue weighted by Gasteiger charge is 2.21. The molecule has 0 spiro atoms. The molecule has 0 aliphatic heterocycles. The minimum absolute atomic E-state index is 0.0301. The highest BCUT2D eigenvalue weighted by molar-refractivity contribution is 9.10. The van der Waals surface area contributed by atoms with E-state index in [1.165, 1.54) is 0 Å². The van der Waals surface area contributed by atoms with Crippen LogP contribution in [-0.2, 0) is 0 Å². The number of amides is 1. The van der Waals surface area contributed by atoms with Crippen LogP contribution in [0.4, 0.5) is 5.69 Å². The molecule has 0 saturated heterocycles. The molecular weight excluding hydrogens is 328 g/mol. The van der Waals surface area contributed by atoms with E-state index in [1.807, 2.05) is 59.8 Å². The van der Waals surface area contributed by atoms with Crippen LogP contribution in [0.25, 0.3) is 0 Å². The Morgan fingerprint density at radius 3 is 2.62 bits per heavy atom. The molecule has 0 radical (unpaired) electrons. The van der Waals surface area contributed by atoms with Crippen LogP contribution in [-0.4, -0.2) is 17.0 Å². The van der Waals surface area contributed by atoms with Crippen molar-refractivity contribution in [2.75, 3.05) is 11.4 Å². The van der Waals surface area contributed by atoms with E-state index < -0.39 is 0 Å². The highest BCUT2D eigenvalue weighted by atomic mass is 79.9. The smallest absolute Gasteiger partial charge is 0.274 e. The molecule has 0 atom stereocenters. The number of carbonyl (C=O) groups is 1. The standard InChI is InChI=1S/C17H21BrN2O/c1-5-19(15-8-6-7-13(4)9-15)17(21)16-10-14(18)11-20(16)12(2)3/h6-12H,5H2,1-4H3. The van der Waals surface area contributed by atoms with Crippen molar-refractivity contribution >= 4 is 27.5 Å². The maximum Gasteiger partial charge on any atom is 0.274 e. The number of nitrogens with zero attached hydrogens (tertiary/aromatic N) is 2. The second kappa shape index (κ2) is 6.48. The van der Waals surface area contributed by atoms with Crippen molar-refractivity contribution in [2.24, 2.45) is 0 Å². The van der Waals surface area contributed by atoms with Crippen LogP contribution >= 0.6 is 15.9 Å². The zero-order valence-electron chi connectivity index (χ0n) is 12.9. The summed E-state index contributed by atoms with van der Waals surface area (Å²) in [5, 5.41) is 0. The Hall–Kier alpha value is -1.55. The molecule has 112 valence electrons. The van der Waals surface area contributed by atoms with Crippen molar-refractivity contribution in [3.05, 3.63) is 52.3 Å². The predicted octanol–water partition coefficient (Wildman–Crippen LogP) is 4.81. The Bertz CT molecular complexity index is 646. The highest BCUT2D eigenvalue weighted by Crippen LogP contribution is 2.24. The minimum atomic E-state index is 0.0301. The van der Waals surface area contributed by atoms with Gasteiger partial charge in [-0.25, -0.2) is 0 Å². The van der Waals surface area contributed by atoms with Gasteiger partial charge < -0.3 is 9.47 Å². The third kappa shape index (κ3) is 3.38. The van der Waals surface area contributed by atoms with Crippen LogP contribution in [0.1, 0.15) is 42.9 Å². The molecule has 0 bridgehead atoms. The predicted molar refractivity (Wildman–Crippen MR) is 91.0 cm³/mol. The van der Waals surface area contributed by atoms with E-state index in [9.17, 15) is 4.79 Å². The Morgan fingerprint density at radius 2 is 2.05 bits per heavy atom. The van der Waals surface area contributed by atoms with Gasteiger partial charge in [-0.1, -0.05) is 12.1 Å². The summed E-state index contributed by atoms with van der Waals surface area (Å²) in [6.07, 6.45) is 1.96. The first-order valence-electron chi connectivity index (χ1n) is 7.20. The van der Waals surface area contributed by atoms with Crippen LogP contribution < -0.4 is 4.90 Å². The average Bonchev–Trinajstić information content (AvgIpc) is 2.82. The topological polar surface area (TPSA) is 25.2 Å². The van der Waals surface area contributed by atoms with Crippen molar-refractivity contribution < 1.29 is 4.79 Å². The van der Waals surface area contributed by atoms with Gasteiger partial charge in [0.25, 0.3) is 5.91 Å². The summed E-state index contributed by atoms with van der Waals surface area (Å²) in [5.41, 5.74) is 2.80. The lowest BCUT2D eigenvalue weighted by molar-refractivity contribution is 0.0978. The van der Waals surface area contributed by atoms with Crippen LogP contribution in [0.3, 0.4) is 0 Å². The fraction of sp³-hybridized carbons (Fsp3) is 0.353. The molecular formula is C17H21BrN2O. The lowest BCUT2D eigenvalue weighted by Gasteiger charge is -2.23. The van der Waals surface area contributed by atoms with E-state index in [0.717, 1.165) is 15.7 Å². The van der Waals surface area contributed by atoms with Gasteiger partial charge in [0, 0.05) is 28.9 Å². The number of rotatable bonds is 4. The zero-order chi connectivity index (χ0) is 15.6. The molecule has 0 aliphatic carbocycles. The average molecular weight is 349 g/mol. The number of aryl methyl sites for hydroxylation is 1. The second-order valence-corrected chi connectivity index (χ2v) is 6.35. The normalized spacial score (nSPS) is 11.0. The largest absolute Gasteiger partial charge is 0.340 e. The van der Waals surface area contributed by atoms with Crippen molar-refractivity contribution in [2.45, 2.75) is 33.7 Å². The van der Waals surface area contributed by atoms with Crippen molar-refractivity contribution in [3.8, 4) is 0 Å². The van der Waals surface area contributed by atoms with E-state index >= 15 is 0 Å². The summed E-state index contributed by atoms with van der Waals surface area (Å²) in [6, 6.07) is 10.2. The van der Waals surface area contributed by atoms with Crippen molar-refractivity contribution in [3.63, 3.8) is 0 Å². The van der Waals surface area contributed by atoms with Crippen LogP contribution in [0, 0.1) is 6.92 Å². The number of carbonyl (C=O) groups excluding carboxylic acids is 1. The van der Waals surface area contributed by atoms with Crippen LogP contribution in [0.2, 0.25) is 0 Å². The van der Waals surface area contributed by atoms with E-state index in [2.05, 4.69) is 29.8 Å². The van der Waals surface area contributed by atoms with Gasteiger partial charge in [-0.3, -0.25) is 4.79 Å². The molecule has 1 aromatic carbocycles. The first-order chi connectivity index (χ1) is 9.93. The number of hydrogen-bond acceptors (Lipinski definition) is 1. The van der Waals surface area contributed by atoms with Crippen molar-refractivity contribution in [1.29, 1.82) is 0 Å². The summed E-state index contributed by atoms with van der Waals surface area (Å²) in [5.74, 6) is 0.0301. The maximum absolute atomic E-state index is 12.9. The van der Waals surface area contributed by atoms with Crippen LogP contribution in [0.15, 0.2) is 41.0 Å². The van der Waals surface area contributed by atoms with E-state index in [1.54, 1.807) is 0 Å². The summed E-state index contributed by atoms with van der Waals surface area (Å²) in [7, 11) is 0. The Morgan fingerprint density at radius 1 is 1.33 bits per heavy atom. The molecule has 3 nitrogen and oxygen atoms in total. The molecule has 2 rings (SSSR count). The summed E-state index contributed by atoms with van der Waals surface area (Å²) >= 11 is 3.47. The fourth-order valence-corrected chi connectivity index (χ4v) is 2.86. The van der Waals surface area contributed by atoms with Gasteiger partial charge in [-0.2, -0.15) is 0 Å². The molecule has 2 aromatic rings. The quantitative estimate of drug-likeness (QED) is 0.778. The summed E-state index contributed by atoms with van der Waals surface area (Å²) < 4.78 is 2.94. The second-order valence-electron chi connectivity index (χ2n) is 5.43. The Kier molecular flexibility index (Phi) is 4.88. The van der Waals surface area contributed by atoms with Crippen molar-refractivity contribution in [1.82, 2.24) is 4.57 Å². The molecule has 0 saturated carbocycles. The molecule has 1 aromatic heterocycles. The van der Waals surface area contributed by atoms with E-state index in [-0.39, 0.29) is 11.9 Å². The van der Waals surface area contributed by atoms with Gasteiger partial charge in [-0.15, -0.1) is 0 Å². The van der Waals surface area contributed by atoms with Gasteiger partial charge in [0.15, 0.2) is 0 Å². The van der Waals surface area contributed by atoms with Crippen LogP contribution in [0.5, 0.6) is 0 Å². The van der Waals surface area contributed by atoms with Gasteiger partial charge in [0.1, 0.15) is 5.69 Å². The lowest BCUT2D eigenvalue weighted by Crippen LogP contribution is -2.32. The first kappa shape index (κ1) is 15.8. The SMILES string of the molecule is CCN(C(=O)c1cc(Br)cn1C(C)C)c1cccc(C)c1. The van der Waals surface area contributed by atoms with E-state index in [4.69, 9.17) is 0 Å². The molecule has 4 heteroatoms. The maximum atomic E-state index is 12.9. The minimum Gasteiger partial charge on any atom is -0.340 e. The lowest BCUT2D eigenvalue weighted by atomic mass is 10.2. The molecule has 1 amide bonds. The molecule has 0 aliphatic rings. The molecule has 0 fully saturated rings. The Balaban J connectivity index is 2.41. The molecule has 0 N–H and O–H groups in total. The fourth-order valence-electron chi connectivity index (χ4n) is 2.42. The third-order valence-corrected chi connectivity index (χ3v) is 3.90. The first-order valence-corrected chi connectivity index (χ1v) is 7.99.